The van der Waals surface area contributed by atoms with E-state index in [0.29, 0.717) is 52.3 Å². The van der Waals surface area contributed by atoms with Gasteiger partial charge in [0.15, 0.2) is 35.3 Å². The fourth-order valence-electron chi connectivity index (χ4n) is 8.85. The molecule has 1 unspecified atom stereocenters. The number of aliphatic hydroxyl groups is 1. The van der Waals surface area contributed by atoms with Crippen LogP contribution in [-0.2, 0) is 48.8 Å². The van der Waals surface area contributed by atoms with Gasteiger partial charge in [0.25, 0.3) is 10.1 Å². The lowest BCUT2D eigenvalue weighted by atomic mass is 9.88. The topological polar surface area (TPSA) is 362 Å². The molecule has 26 nitrogen and oxygen atoms in total. The molecule has 0 saturated carbocycles. The van der Waals surface area contributed by atoms with Crippen molar-refractivity contribution in [3.05, 3.63) is 64.8 Å². The predicted octanol–water partition coefficient (Wildman–Crippen LogP) is 0.969. The number of nitrogens with one attached hydrogen (secondary N) is 2. The summed E-state index contributed by atoms with van der Waals surface area (Å²) in [5, 5.41) is 18.1. The number of aromatic nitrogens is 4. The first-order valence-electron chi connectivity index (χ1n) is 21.7. The van der Waals surface area contributed by atoms with E-state index in [9.17, 15) is 41.7 Å². The number of fused-ring (bicyclic) bond motifs is 5. The highest BCUT2D eigenvalue weighted by atomic mass is 32.2. The van der Waals surface area contributed by atoms with Gasteiger partial charge in [0.2, 0.25) is 11.3 Å². The first kappa shape index (κ1) is 50.0. The zero-order valence-electron chi connectivity index (χ0n) is 37.4. The number of amides is 2. The molecular weight excluding hydrogens is 971 g/mol. The molecule has 4 aliphatic heterocycles. The molecule has 9 N–H and O–H groups in total. The van der Waals surface area contributed by atoms with Crippen LogP contribution in [-0.4, -0.2) is 133 Å². The van der Waals surface area contributed by atoms with E-state index in [1.54, 1.807) is 12.1 Å². The number of hydrogen-bond acceptors (Lipinski definition) is 18. The molecule has 2 aromatic heterocycles. The monoisotopic (exact) mass is 1020 g/mol. The van der Waals surface area contributed by atoms with Crippen molar-refractivity contribution in [2.24, 2.45) is 4.99 Å². The number of nitrogen functional groups attached to an aromatic ring is 1. The Morgan fingerprint density at radius 1 is 1.07 bits per heavy atom. The number of aliphatic hydroxyl groups excluding tert-OH is 1. The number of rotatable bonds is 17. The molecule has 1 fully saturated rings. The number of carbonyl (C=O) groups excluding carboxylic acids is 2. The van der Waals surface area contributed by atoms with E-state index in [4.69, 9.17) is 34.7 Å². The van der Waals surface area contributed by atoms with Gasteiger partial charge in [0.1, 0.15) is 53.9 Å². The lowest BCUT2D eigenvalue weighted by Crippen LogP contribution is -2.46. The third-order valence-electron chi connectivity index (χ3n) is 11.8. The van der Waals surface area contributed by atoms with Crippen molar-refractivity contribution in [1.29, 1.82) is 0 Å². The second kappa shape index (κ2) is 19.4. The number of nitrogens with zero attached hydrogens (tertiary/aromatic N) is 7. The van der Waals surface area contributed by atoms with Crippen molar-refractivity contribution in [2.75, 3.05) is 55.7 Å². The van der Waals surface area contributed by atoms with Crippen molar-refractivity contribution in [3.8, 4) is 11.5 Å². The Hall–Kier alpha value is -5.44. The number of carbonyl (C=O) groups is 2. The number of phosphoric ester groups is 1. The number of anilines is 2. The van der Waals surface area contributed by atoms with E-state index in [1.807, 2.05) is 36.9 Å². The summed E-state index contributed by atoms with van der Waals surface area (Å²) in [5.74, 6) is 0.0908. The van der Waals surface area contributed by atoms with Gasteiger partial charge in [-0.1, -0.05) is 6.08 Å². The molecule has 2 amide bonds. The van der Waals surface area contributed by atoms with Crippen LogP contribution < -0.4 is 41.3 Å². The first-order valence-corrected chi connectivity index (χ1v) is 26.3. The van der Waals surface area contributed by atoms with Crippen LogP contribution in [0.4, 0.5) is 22.0 Å². The SMILES string of the molecule is CC[N+]1=c2cc3c(cc2CCC1)=Nc1cc2c(cc1O3)N(CCCC(=O)NCCNC(=O)O[C@@H]1[C@H](O)[C@@H](COP(=O)(O)OP(=O)(O)O)O[C@H]1n1cnc3c(N)ncnc31)C(C)(C)C=C2CS(=O)(=O)O. The summed E-state index contributed by atoms with van der Waals surface area (Å²) in [4.78, 5) is 72.9. The molecule has 372 valence electrons. The Labute approximate surface area is 393 Å². The molecule has 29 heteroatoms. The second-order valence-electron chi connectivity index (χ2n) is 17.1. The van der Waals surface area contributed by atoms with Crippen molar-refractivity contribution in [3.63, 3.8) is 0 Å². The molecule has 0 bridgehead atoms. The lowest BCUT2D eigenvalue weighted by Gasteiger charge is -2.44. The summed E-state index contributed by atoms with van der Waals surface area (Å²) >= 11 is 0. The molecule has 8 rings (SSSR count). The van der Waals surface area contributed by atoms with Gasteiger partial charge < -0.3 is 55.3 Å². The van der Waals surface area contributed by atoms with E-state index in [0.717, 1.165) is 37.6 Å². The van der Waals surface area contributed by atoms with Crippen LogP contribution in [0, 0.1) is 0 Å². The largest absolute Gasteiger partial charge is 0.481 e. The number of alkyl carbamates (subject to hydrolysis) is 1. The van der Waals surface area contributed by atoms with Crippen LogP contribution >= 0.6 is 15.6 Å². The molecule has 4 aliphatic rings. The van der Waals surface area contributed by atoms with Crippen LogP contribution in [0.2, 0.25) is 0 Å². The highest BCUT2D eigenvalue weighted by Gasteiger charge is 2.49. The zero-order valence-corrected chi connectivity index (χ0v) is 40.0. The fraction of sp³-hybridized carbons (Fsp3) is 0.475. The molecule has 69 heavy (non-hydrogen) atoms. The number of nitrogens with two attached hydrogens (primary N) is 1. The highest BCUT2D eigenvalue weighted by molar-refractivity contribution is 7.86. The van der Waals surface area contributed by atoms with Crippen molar-refractivity contribution in [2.45, 2.75) is 76.5 Å². The standard InChI is InChI=1S/C40H50N10O16P2S/c1-4-48-11-5-7-22-13-25-29(15-27(22)48)63-30-16-28-24(14-26(30)47-25)23(19-69(59,60)61)17-40(2,3)50(28)12-6-8-32(51)42-9-10-43-39(53)65-35-34(52)31(18-62-68(57,58)66-67(54,55)56)64-38(35)49-21-46-33-36(41)44-20-45-37(33)49/h13-17,20-21,31,34-35,38,52H,4-12,18-19H2,1-3H3,(H7-,41,42,43,44,45,51,53,54,55,56,57,58,59,60,61)/p+1/t31-,34-,35-,38-/m1/s1. The third kappa shape index (κ3) is 11.3. The number of aryl methyl sites for hydroxylation is 1. The summed E-state index contributed by atoms with van der Waals surface area (Å²) in [6.07, 6.45) is -0.893. The zero-order chi connectivity index (χ0) is 49.6. The van der Waals surface area contributed by atoms with Crippen LogP contribution in [0.1, 0.15) is 57.4 Å². The second-order valence-corrected chi connectivity index (χ2v) is 21.4. The van der Waals surface area contributed by atoms with E-state index < -0.39 is 74.3 Å². The van der Waals surface area contributed by atoms with Gasteiger partial charge in [0.05, 0.1) is 24.5 Å². The Morgan fingerprint density at radius 3 is 2.58 bits per heavy atom. The maximum Gasteiger partial charge on any atom is 0.481 e. The van der Waals surface area contributed by atoms with Crippen LogP contribution in [0.3, 0.4) is 0 Å². The minimum absolute atomic E-state index is 0.00617. The quantitative estimate of drug-likeness (QED) is 0.0278. The first-order chi connectivity index (χ1) is 32.5. The molecule has 6 heterocycles. The minimum Gasteiger partial charge on any atom is -0.452 e. The number of hydrogen-bond donors (Lipinski definition) is 8. The summed E-state index contributed by atoms with van der Waals surface area (Å²) in [6, 6.07) is 7.62. The Morgan fingerprint density at radius 2 is 1.84 bits per heavy atom. The minimum atomic E-state index is -5.47. The summed E-state index contributed by atoms with van der Waals surface area (Å²) in [6.45, 7) is 6.88. The molecule has 4 aromatic rings. The van der Waals surface area contributed by atoms with Crippen molar-refractivity contribution >= 4 is 71.7 Å². The summed E-state index contributed by atoms with van der Waals surface area (Å²) < 4.78 is 87.4. The average Bonchev–Trinajstić information content (AvgIpc) is 3.82. The van der Waals surface area contributed by atoms with Gasteiger partial charge in [-0.15, -0.1) is 0 Å². The van der Waals surface area contributed by atoms with Crippen LogP contribution in [0.15, 0.2) is 48.0 Å². The molecule has 0 aliphatic carbocycles. The van der Waals surface area contributed by atoms with Gasteiger partial charge in [-0.3, -0.25) is 18.4 Å². The van der Waals surface area contributed by atoms with Gasteiger partial charge in [-0.25, -0.2) is 38.4 Å². The van der Waals surface area contributed by atoms with Gasteiger partial charge in [-0.05, 0) is 51.3 Å². The third-order valence-corrected chi connectivity index (χ3v) is 14.7. The molecule has 0 radical (unpaired) electrons. The molecular formula is C40H51N10O16P2S+. The van der Waals surface area contributed by atoms with E-state index >= 15 is 0 Å². The number of imidazole rings is 1. The summed E-state index contributed by atoms with van der Waals surface area (Å²) in [7, 11) is -15.2. The molecule has 1 saturated heterocycles. The van der Waals surface area contributed by atoms with Crippen molar-refractivity contribution in [1.82, 2.24) is 34.7 Å². The Bertz CT molecular complexity index is 3080. The van der Waals surface area contributed by atoms with E-state index in [-0.39, 0.29) is 42.4 Å². The highest BCUT2D eigenvalue weighted by Crippen LogP contribution is 2.58. The van der Waals surface area contributed by atoms with Gasteiger partial charge in [-0.2, -0.15) is 12.7 Å². The van der Waals surface area contributed by atoms with E-state index in [2.05, 4.69) is 45.9 Å². The van der Waals surface area contributed by atoms with Crippen LogP contribution in [0.25, 0.3) is 16.7 Å². The molecule has 5 atom stereocenters. The maximum absolute atomic E-state index is 13.1. The number of benzene rings is 2. The predicted molar refractivity (Wildman–Crippen MR) is 243 cm³/mol. The van der Waals surface area contributed by atoms with Crippen molar-refractivity contribution < 1.29 is 74.5 Å². The fourth-order valence-corrected chi connectivity index (χ4v) is 11.1. The average molecular weight is 1020 g/mol. The maximum atomic E-state index is 13.1. The normalized spacial score (nSPS) is 21.4. The lowest BCUT2D eigenvalue weighted by molar-refractivity contribution is -0.121. The van der Waals surface area contributed by atoms with Crippen LogP contribution in [0.5, 0.6) is 11.5 Å². The van der Waals surface area contributed by atoms with Gasteiger partial charge in [0, 0.05) is 55.4 Å². The van der Waals surface area contributed by atoms with E-state index in [1.165, 1.54) is 16.5 Å². The summed E-state index contributed by atoms with van der Waals surface area (Å²) in [5.41, 5.74) is 8.61. The Kier molecular flexibility index (Phi) is 14.0. The Balaban J connectivity index is 0.894. The smallest absolute Gasteiger partial charge is 0.452 e. The molecule has 2 aromatic carbocycles. The number of ether oxygens (including phenoxy) is 3. The molecule has 0 spiro atoms. The number of phosphoric acid groups is 2. The van der Waals surface area contributed by atoms with Gasteiger partial charge >= 0.3 is 21.7 Å².